The Bertz CT molecular complexity index is 201. The van der Waals surface area contributed by atoms with E-state index < -0.39 is 10.5 Å². The SMILES string of the molecule is COCC[N+](C)(C)C.O=S(=O)([O-])F. The van der Waals surface area contributed by atoms with E-state index in [0.717, 1.165) is 17.6 Å². The third-order valence-electron chi connectivity index (χ3n) is 0.966. The van der Waals surface area contributed by atoms with Crippen molar-refractivity contribution in [1.82, 2.24) is 0 Å². The molecule has 0 aromatic rings. The van der Waals surface area contributed by atoms with Crippen molar-refractivity contribution in [2.24, 2.45) is 0 Å². The molecule has 0 saturated carbocycles. The molecule has 0 unspecified atom stereocenters. The molecule has 0 spiro atoms. The Labute approximate surface area is 78.7 Å². The van der Waals surface area contributed by atoms with Gasteiger partial charge in [0, 0.05) is 7.11 Å². The van der Waals surface area contributed by atoms with Crippen LogP contribution in [0.15, 0.2) is 0 Å². The van der Waals surface area contributed by atoms with Crippen LogP contribution in [0.1, 0.15) is 0 Å². The molecule has 0 aliphatic rings. The average Bonchev–Trinajstić information content (AvgIpc) is 1.77. The number of likely N-dealkylation sites (N-methyl/N-ethyl adjacent to an activating group) is 1. The summed E-state index contributed by atoms with van der Waals surface area (Å²) >= 11 is 0. The minimum Gasteiger partial charge on any atom is -0.722 e. The van der Waals surface area contributed by atoms with Gasteiger partial charge >= 0.3 is 0 Å². The standard InChI is InChI=1S/C6H16NO.FHO3S/c1-7(2,3)5-6-8-4;1-5(2,3)4/h5-6H2,1-4H3;(H,2,3,4)/q+1;/p-1. The zero-order valence-electron chi connectivity index (χ0n) is 8.28. The van der Waals surface area contributed by atoms with E-state index in [9.17, 15) is 3.89 Å². The minimum absolute atomic E-state index is 0.851. The summed E-state index contributed by atoms with van der Waals surface area (Å²) in [6, 6.07) is 0. The second kappa shape index (κ2) is 6.25. The number of nitrogens with zero attached hydrogens (tertiary/aromatic N) is 1. The summed E-state index contributed by atoms with van der Waals surface area (Å²) in [7, 11) is 2.77. The first-order valence-electron chi connectivity index (χ1n) is 3.51. The van der Waals surface area contributed by atoms with E-state index in [0.29, 0.717) is 0 Å². The van der Waals surface area contributed by atoms with Crippen LogP contribution in [-0.4, -0.2) is 58.9 Å². The van der Waals surface area contributed by atoms with Gasteiger partial charge in [0.05, 0.1) is 27.7 Å². The summed E-state index contributed by atoms with van der Waals surface area (Å²) in [5, 5.41) is 0. The molecule has 13 heavy (non-hydrogen) atoms. The van der Waals surface area contributed by atoms with Crippen LogP contribution < -0.4 is 0 Å². The Morgan fingerprint density at radius 1 is 1.38 bits per heavy atom. The fourth-order valence-corrected chi connectivity index (χ4v) is 0.365. The number of rotatable bonds is 3. The predicted octanol–water partition coefficient (Wildman–Crippen LogP) is -0.245. The number of methoxy groups -OCH3 is 1. The van der Waals surface area contributed by atoms with Crippen LogP contribution in [-0.2, 0) is 15.2 Å². The van der Waals surface area contributed by atoms with Crippen LogP contribution in [0.4, 0.5) is 3.89 Å². The number of halogens is 1. The molecule has 0 heterocycles. The van der Waals surface area contributed by atoms with Crippen molar-refractivity contribution >= 4 is 10.5 Å². The van der Waals surface area contributed by atoms with Gasteiger partial charge < -0.3 is 13.8 Å². The summed E-state index contributed by atoms with van der Waals surface area (Å²) in [4.78, 5) is 0. The maximum Gasteiger partial charge on any atom is 0.255 e. The molecule has 0 radical (unpaired) electrons. The third kappa shape index (κ3) is 49.4. The van der Waals surface area contributed by atoms with Gasteiger partial charge in [-0.2, -0.15) is 0 Å². The lowest BCUT2D eigenvalue weighted by Crippen LogP contribution is -2.37. The highest BCUT2D eigenvalue weighted by Gasteiger charge is 2.03. The molecular weight excluding hydrogens is 201 g/mol. The van der Waals surface area contributed by atoms with Crippen molar-refractivity contribution in [3.05, 3.63) is 0 Å². The maximum absolute atomic E-state index is 10.1. The Morgan fingerprint density at radius 3 is 1.77 bits per heavy atom. The highest BCUT2D eigenvalue weighted by molar-refractivity contribution is 7.80. The highest BCUT2D eigenvalue weighted by Crippen LogP contribution is 1.87. The first-order valence-corrected chi connectivity index (χ1v) is 4.82. The Kier molecular flexibility index (Phi) is 7.33. The number of quaternary nitrogens is 1. The number of ether oxygens (including phenoxy) is 1. The highest BCUT2D eigenvalue weighted by atomic mass is 32.3. The summed E-state index contributed by atoms with van der Waals surface area (Å²) in [6.45, 7) is 1.93. The van der Waals surface area contributed by atoms with E-state index in [-0.39, 0.29) is 0 Å². The van der Waals surface area contributed by atoms with Crippen LogP contribution in [0.25, 0.3) is 0 Å². The van der Waals surface area contributed by atoms with Crippen molar-refractivity contribution in [2.45, 2.75) is 0 Å². The third-order valence-corrected chi connectivity index (χ3v) is 0.966. The van der Waals surface area contributed by atoms with Crippen LogP contribution in [0.3, 0.4) is 0 Å². The van der Waals surface area contributed by atoms with Gasteiger partial charge in [-0.25, -0.2) is 8.42 Å². The molecule has 5 nitrogen and oxygen atoms in total. The van der Waals surface area contributed by atoms with E-state index >= 15 is 0 Å². The molecule has 0 aromatic carbocycles. The normalized spacial score (nSPS) is 11.8. The van der Waals surface area contributed by atoms with Crippen molar-refractivity contribution < 1.29 is 26.1 Å². The monoisotopic (exact) mass is 217 g/mol. The summed E-state index contributed by atoms with van der Waals surface area (Å²) in [6.07, 6.45) is 0. The van der Waals surface area contributed by atoms with Crippen molar-refractivity contribution in [2.75, 3.05) is 41.4 Å². The molecule has 0 aliphatic heterocycles. The quantitative estimate of drug-likeness (QED) is 0.371. The molecule has 0 N–H and O–H groups in total. The lowest BCUT2D eigenvalue weighted by Gasteiger charge is -2.22. The van der Waals surface area contributed by atoms with Gasteiger partial charge in [0.1, 0.15) is 6.54 Å². The lowest BCUT2D eigenvalue weighted by atomic mass is 10.5. The molecule has 0 aliphatic carbocycles. The van der Waals surface area contributed by atoms with Crippen molar-refractivity contribution in [3.63, 3.8) is 0 Å². The molecule has 0 atom stereocenters. The fourth-order valence-electron chi connectivity index (χ4n) is 0.365. The van der Waals surface area contributed by atoms with Gasteiger partial charge in [-0.15, -0.1) is 3.89 Å². The largest absolute Gasteiger partial charge is 0.722 e. The second-order valence-electron chi connectivity index (χ2n) is 3.40. The van der Waals surface area contributed by atoms with Crippen molar-refractivity contribution in [3.8, 4) is 0 Å². The molecule has 82 valence electrons. The van der Waals surface area contributed by atoms with E-state index in [1.807, 2.05) is 0 Å². The van der Waals surface area contributed by atoms with Gasteiger partial charge in [0.2, 0.25) is 0 Å². The molecule has 7 heteroatoms. The van der Waals surface area contributed by atoms with E-state index in [1.54, 1.807) is 7.11 Å². The molecule has 0 saturated heterocycles. The van der Waals surface area contributed by atoms with E-state index in [2.05, 4.69) is 21.1 Å². The summed E-state index contributed by atoms with van der Waals surface area (Å²) in [5.74, 6) is 0. The average molecular weight is 217 g/mol. The molecular formula is C6H16FNO4S. The minimum atomic E-state index is -5.42. The fraction of sp³-hybridized carbons (Fsp3) is 1.00. The molecule has 0 rings (SSSR count). The van der Waals surface area contributed by atoms with Crippen LogP contribution in [0, 0.1) is 0 Å². The predicted molar refractivity (Wildman–Crippen MR) is 45.6 cm³/mol. The van der Waals surface area contributed by atoms with Crippen LogP contribution in [0.5, 0.6) is 0 Å². The van der Waals surface area contributed by atoms with Crippen LogP contribution >= 0.6 is 0 Å². The van der Waals surface area contributed by atoms with Gasteiger partial charge in [-0.1, -0.05) is 0 Å². The maximum atomic E-state index is 10.1. The zero-order chi connectivity index (χ0) is 11.1. The Balaban J connectivity index is 0. The number of hydrogen-bond donors (Lipinski definition) is 0. The Morgan fingerprint density at radius 2 is 1.69 bits per heavy atom. The second-order valence-corrected chi connectivity index (χ2v) is 4.19. The number of hydrogen-bond acceptors (Lipinski definition) is 4. The summed E-state index contributed by atoms with van der Waals surface area (Å²) in [5.41, 5.74) is 0. The smallest absolute Gasteiger partial charge is 0.255 e. The van der Waals surface area contributed by atoms with E-state index in [4.69, 9.17) is 17.7 Å². The van der Waals surface area contributed by atoms with Gasteiger partial charge in [-0.05, 0) is 0 Å². The first-order chi connectivity index (χ1) is 5.56. The zero-order valence-corrected chi connectivity index (χ0v) is 9.10. The lowest BCUT2D eigenvalue weighted by molar-refractivity contribution is -0.870. The first kappa shape index (κ1) is 15.2. The molecule has 0 bridgehead atoms. The molecule has 0 amide bonds. The van der Waals surface area contributed by atoms with Gasteiger partial charge in [-0.3, -0.25) is 0 Å². The van der Waals surface area contributed by atoms with Crippen molar-refractivity contribution in [1.29, 1.82) is 0 Å². The Hall–Kier alpha value is -0.240. The van der Waals surface area contributed by atoms with Gasteiger partial charge in [0.15, 0.2) is 0 Å². The molecule has 0 fully saturated rings. The molecule has 0 aromatic heterocycles. The van der Waals surface area contributed by atoms with Gasteiger partial charge in [0.25, 0.3) is 10.5 Å². The van der Waals surface area contributed by atoms with E-state index in [1.165, 1.54) is 0 Å². The van der Waals surface area contributed by atoms with Crippen LogP contribution in [0.2, 0.25) is 0 Å². The topological polar surface area (TPSA) is 66.4 Å². The summed E-state index contributed by atoms with van der Waals surface area (Å²) < 4.78 is 41.2.